The zero-order chi connectivity index (χ0) is 13.1. The monoisotopic (exact) mass is 260 g/mol. The van der Waals surface area contributed by atoms with Crippen molar-refractivity contribution >= 4 is 21.4 Å². The van der Waals surface area contributed by atoms with E-state index in [1.165, 1.54) is 25.1 Å². The van der Waals surface area contributed by atoms with Gasteiger partial charge in [0.25, 0.3) is 5.69 Å². The largest absolute Gasteiger partial charge is 0.395 e. The molecule has 0 aliphatic rings. The normalized spacial score (nSPS) is 11.2. The van der Waals surface area contributed by atoms with Crippen molar-refractivity contribution in [2.75, 3.05) is 17.1 Å². The van der Waals surface area contributed by atoms with Crippen molar-refractivity contribution in [3.05, 3.63) is 33.9 Å². The fourth-order valence-corrected chi connectivity index (χ4v) is 2.17. The summed E-state index contributed by atoms with van der Waals surface area (Å²) in [4.78, 5) is 10.1. The molecule has 0 saturated carbocycles. The Bertz CT molecular complexity index is 526. The molecule has 94 valence electrons. The molecule has 0 saturated heterocycles. The van der Waals surface area contributed by atoms with Crippen LogP contribution in [0.3, 0.4) is 0 Å². The molecule has 0 heterocycles. The molecule has 0 fully saturated rings. The van der Waals surface area contributed by atoms with Gasteiger partial charge in [0, 0.05) is 6.07 Å². The minimum atomic E-state index is -3.67. The number of nitro benzene ring substituents is 1. The number of anilines is 1. The van der Waals surface area contributed by atoms with Crippen LogP contribution in [0.15, 0.2) is 18.2 Å². The van der Waals surface area contributed by atoms with Crippen LogP contribution in [-0.2, 0) is 10.0 Å². The number of aliphatic hydroxyl groups is 1. The maximum Gasteiger partial charge on any atom is 0.274 e. The fraction of sp³-hybridized carbons (Fsp3) is 0.333. The zero-order valence-electron chi connectivity index (χ0n) is 9.08. The number of nitrogens with one attached hydrogen (secondary N) is 1. The van der Waals surface area contributed by atoms with Crippen molar-refractivity contribution in [1.82, 2.24) is 0 Å². The maximum atomic E-state index is 11.4. The van der Waals surface area contributed by atoms with E-state index in [4.69, 9.17) is 5.11 Å². The van der Waals surface area contributed by atoms with Crippen molar-refractivity contribution in [3.63, 3.8) is 0 Å². The average molecular weight is 260 g/mol. The minimum absolute atomic E-state index is 0.146. The molecule has 1 aromatic rings. The third kappa shape index (κ3) is 3.40. The lowest BCUT2D eigenvalue weighted by atomic mass is 10.2. The van der Waals surface area contributed by atoms with Crippen LogP contribution in [-0.4, -0.2) is 30.8 Å². The van der Waals surface area contributed by atoms with Crippen LogP contribution in [0.4, 0.5) is 11.4 Å². The molecule has 17 heavy (non-hydrogen) atoms. The number of nitrogens with zero attached hydrogens (tertiary/aromatic N) is 1. The summed E-state index contributed by atoms with van der Waals surface area (Å²) >= 11 is 0. The minimum Gasteiger partial charge on any atom is -0.395 e. The number of hydrogen-bond acceptors (Lipinski definition) is 5. The molecular formula is C9H12N2O5S. The quantitative estimate of drug-likeness (QED) is 0.596. The van der Waals surface area contributed by atoms with Crippen molar-refractivity contribution in [1.29, 1.82) is 0 Å². The molecular weight excluding hydrogens is 248 g/mol. The van der Waals surface area contributed by atoms with Gasteiger partial charge in [0.05, 0.1) is 28.5 Å². The molecule has 0 aliphatic carbocycles. The summed E-state index contributed by atoms with van der Waals surface area (Å²) in [5.74, 6) is -0.449. The second-order valence-corrected chi connectivity index (χ2v) is 5.19. The van der Waals surface area contributed by atoms with Crippen LogP contribution in [0.5, 0.6) is 0 Å². The van der Waals surface area contributed by atoms with Gasteiger partial charge in [-0.05, 0) is 13.0 Å². The maximum absolute atomic E-state index is 11.4. The van der Waals surface area contributed by atoms with Crippen molar-refractivity contribution < 1.29 is 18.4 Å². The molecule has 7 nitrogen and oxygen atoms in total. The molecule has 0 aromatic heterocycles. The first-order valence-electron chi connectivity index (χ1n) is 4.73. The Morgan fingerprint density at radius 1 is 1.47 bits per heavy atom. The van der Waals surface area contributed by atoms with Crippen molar-refractivity contribution in [2.24, 2.45) is 0 Å². The van der Waals surface area contributed by atoms with Crippen LogP contribution >= 0.6 is 0 Å². The summed E-state index contributed by atoms with van der Waals surface area (Å²) in [7, 11) is -3.67. The van der Waals surface area contributed by atoms with E-state index in [-0.39, 0.29) is 16.9 Å². The summed E-state index contributed by atoms with van der Waals surface area (Å²) in [6.45, 7) is 0.943. The third-order valence-electron chi connectivity index (χ3n) is 2.13. The highest BCUT2D eigenvalue weighted by Gasteiger charge is 2.17. The van der Waals surface area contributed by atoms with Gasteiger partial charge < -0.3 is 5.11 Å². The molecule has 1 aromatic carbocycles. The first-order chi connectivity index (χ1) is 7.87. The van der Waals surface area contributed by atoms with E-state index in [0.29, 0.717) is 0 Å². The van der Waals surface area contributed by atoms with Gasteiger partial charge in [0.1, 0.15) is 0 Å². The van der Waals surface area contributed by atoms with Gasteiger partial charge in [-0.2, -0.15) is 0 Å². The van der Waals surface area contributed by atoms with Gasteiger partial charge in [0.2, 0.25) is 10.0 Å². The second-order valence-electron chi connectivity index (χ2n) is 3.35. The predicted molar refractivity (Wildman–Crippen MR) is 62.3 cm³/mol. The molecule has 0 atom stereocenters. The Hall–Kier alpha value is -1.67. The number of hydrogen-bond donors (Lipinski definition) is 2. The number of benzene rings is 1. The van der Waals surface area contributed by atoms with E-state index in [0.717, 1.165) is 0 Å². The Labute approximate surface area is 98.3 Å². The lowest BCUT2D eigenvalue weighted by Crippen LogP contribution is -2.19. The number of rotatable bonds is 5. The summed E-state index contributed by atoms with van der Waals surface area (Å²) in [5.41, 5.74) is 0.223. The van der Waals surface area contributed by atoms with E-state index in [1.54, 1.807) is 0 Å². The average Bonchev–Trinajstić information content (AvgIpc) is 2.20. The molecule has 2 N–H and O–H groups in total. The number of nitro groups is 1. The Kier molecular flexibility index (Phi) is 4.02. The van der Waals surface area contributed by atoms with E-state index >= 15 is 0 Å². The number of sulfonamides is 1. The highest BCUT2D eigenvalue weighted by Crippen LogP contribution is 2.25. The number of aliphatic hydroxyl groups excluding tert-OH is 1. The van der Waals surface area contributed by atoms with E-state index in [2.05, 4.69) is 4.72 Å². The molecule has 0 radical (unpaired) electrons. The molecule has 0 amide bonds. The highest BCUT2D eigenvalue weighted by molar-refractivity contribution is 7.92. The van der Waals surface area contributed by atoms with Crippen LogP contribution in [0, 0.1) is 17.0 Å². The summed E-state index contributed by atoms with van der Waals surface area (Å²) in [6, 6.07) is 4.11. The smallest absolute Gasteiger partial charge is 0.274 e. The van der Waals surface area contributed by atoms with Gasteiger partial charge in [-0.15, -0.1) is 0 Å². The molecule has 1 rings (SSSR count). The van der Waals surface area contributed by atoms with Crippen LogP contribution < -0.4 is 4.72 Å². The van der Waals surface area contributed by atoms with Crippen LogP contribution in [0.1, 0.15) is 5.56 Å². The molecule has 0 unspecified atom stereocenters. The van der Waals surface area contributed by atoms with Gasteiger partial charge in [-0.25, -0.2) is 8.42 Å². The van der Waals surface area contributed by atoms with Gasteiger partial charge in [-0.3, -0.25) is 14.8 Å². The highest BCUT2D eigenvalue weighted by atomic mass is 32.2. The Balaban J connectivity index is 3.09. The molecule has 0 spiro atoms. The van der Waals surface area contributed by atoms with Crippen molar-refractivity contribution in [3.8, 4) is 0 Å². The Morgan fingerprint density at radius 3 is 2.65 bits per heavy atom. The van der Waals surface area contributed by atoms with Gasteiger partial charge >= 0.3 is 0 Å². The lowest BCUT2D eigenvalue weighted by molar-refractivity contribution is -0.385. The van der Waals surface area contributed by atoms with Crippen LogP contribution in [0.2, 0.25) is 0 Å². The zero-order valence-corrected chi connectivity index (χ0v) is 9.90. The Morgan fingerprint density at radius 2 is 2.12 bits per heavy atom. The molecule has 8 heteroatoms. The van der Waals surface area contributed by atoms with Crippen LogP contribution in [0.25, 0.3) is 0 Å². The molecule has 0 bridgehead atoms. The SMILES string of the molecule is Cc1c(NS(=O)(=O)CCO)cccc1[N+](=O)[O-]. The predicted octanol–water partition coefficient (Wildman–Crippen LogP) is 0.637. The second kappa shape index (κ2) is 5.11. The third-order valence-corrected chi connectivity index (χ3v) is 3.38. The summed E-state index contributed by atoms with van der Waals surface area (Å²) < 4.78 is 25.0. The van der Waals surface area contributed by atoms with E-state index in [1.807, 2.05) is 0 Å². The van der Waals surface area contributed by atoms with E-state index < -0.39 is 27.3 Å². The first-order valence-corrected chi connectivity index (χ1v) is 6.38. The van der Waals surface area contributed by atoms with Gasteiger partial charge in [-0.1, -0.05) is 6.07 Å². The summed E-state index contributed by atoms with van der Waals surface area (Å²) in [6.07, 6.45) is 0. The fourth-order valence-electron chi connectivity index (χ4n) is 1.27. The first kappa shape index (κ1) is 13.4. The van der Waals surface area contributed by atoms with Crippen molar-refractivity contribution in [2.45, 2.75) is 6.92 Å². The van der Waals surface area contributed by atoms with Gasteiger partial charge in [0.15, 0.2) is 0 Å². The summed E-state index contributed by atoms with van der Waals surface area (Å²) in [5, 5.41) is 19.2. The molecule has 0 aliphatic heterocycles. The van der Waals surface area contributed by atoms with E-state index in [9.17, 15) is 18.5 Å². The topological polar surface area (TPSA) is 110 Å². The standard InChI is InChI=1S/C9H12N2O5S/c1-7-8(10-17(15,16)6-5-12)3-2-4-9(7)11(13)14/h2-4,10,12H,5-6H2,1H3. The lowest BCUT2D eigenvalue weighted by Gasteiger charge is -2.09.